The van der Waals surface area contributed by atoms with Gasteiger partial charge in [-0.15, -0.1) is 0 Å². The van der Waals surface area contributed by atoms with E-state index >= 15 is 0 Å². The summed E-state index contributed by atoms with van der Waals surface area (Å²) < 4.78 is 5.32. The third-order valence-electron chi connectivity index (χ3n) is 3.92. The first-order valence-electron chi connectivity index (χ1n) is 8.21. The zero-order valence-electron chi connectivity index (χ0n) is 14.3. The van der Waals surface area contributed by atoms with Crippen LogP contribution in [0.5, 0.6) is 0 Å². The van der Waals surface area contributed by atoms with Gasteiger partial charge in [-0.05, 0) is 45.2 Å². The zero-order valence-corrected chi connectivity index (χ0v) is 14.3. The van der Waals surface area contributed by atoms with E-state index in [-0.39, 0.29) is 11.6 Å². The highest BCUT2D eigenvalue weighted by Crippen LogP contribution is 2.22. The van der Waals surface area contributed by atoms with Crippen molar-refractivity contribution in [2.45, 2.75) is 39.2 Å². The minimum atomic E-state index is -0.220. The van der Waals surface area contributed by atoms with Gasteiger partial charge in [0, 0.05) is 43.0 Å². The van der Waals surface area contributed by atoms with Crippen LogP contribution in [0.25, 0.3) is 11.5 Å². The van der Waals surface area contributed by atoms with Crippen LogP contribution in [-0.4, -0.2) is 44.7 Å². The smallest absolute Gasteiger partial charge is 0.317 e. The molecule has 3 rings (SSSR count). The summed E-state index contributed by atoms with van der Waals surface area (Å²) in [5, 5.41) is 7.06. The molecular weight excluding hydrogens is 306 g/mol. The van der Waals surface area contributed by atoms with Crippen molar-refractivity contribution in [2.24, 2.45) is 5.92 Å². The lowest BCUT2D eigenvalue weighted by Gasteiger charge is -2.25. The van der Waals surface area contributed by atoms with Gasteiger partial charge in [-0.3, -0.25) is 4.98 Å². The van der Waals surface area contributed by atoms with Crippen molar-refractivity contribution >= 4 is 6.03 Å². The highest BCUT2D eigenvalue weighted by Gasteiger charge is 2.29. The molecule has 7 heteroatoms. The Morgan fingerprint density at radius 2 is 2.12 bits per heavy atom. The number of rotatable bonds is 3. The second-order valence-electron chi connectivity index (χ2n) is 7.24. The predicted molar refractivity (Wildman–Crippen MR) is 89.2 cm³/mol. The van der Waals surface area contributed by atoms with E-state index in [1.54, 1.807) is 12.4 Å². The molecule has 1 atom stereocenters. The molecule has 1 aliphatic heterocycles. The third-order valence-corrected chi connectivity index (χ3v) is 3.92. The van der Waals surface area contributed by atoms with Gasteiger partial charge < -0.3 is 14.7 Å². The fraction of sp³-hybridized carbons (Fsp3) is 0.529. The van der Waals surface area contributed by atoms with Crippen LogP contribution in [0.4, 0.5) is 4.79 Å². The topological polar surface area (TPSA) is 84.2 Å². The number of likely N-dealkylation sites (tertiary alicyclic amines) is 1. The molecule has 1 unspecified atom stereocenters. The number of carbonyl (C=O) groups is 1. The fourth-order valence-electron chi connectivity index (χ4n) is 2.79. The highest BCUT2D eigenvalue weighted by atomic mass is 16.5. The average Bonchev–Trinajstić information content (AvgIpc) is 3.16. The number of nitrogens with one attached hydrogen (secondary N) is 1. The van der Waals surface area contributed by atoms with E-state index < -0.39 is 0 Å². The molecule has 1 aliphatic rings. The van der Waals surface area contributed by atoms with Crippen molar-refractivity contribution < 1.29 is 9.32 Å². The van der Waals surface area contributed by atoms with E-state index in [1.807, 2.05) is 37.8 Å². The second kappa shape index (κ2) is 6.59. The summed E-state index contributed by atoms with van der Waals surface area (Å²) in [6.45, 7) is 7.44. The number of hydrogen-bond acceptors (Lipinski definition) is 5. The molecule has 2 aromatic rings. The molecule has 128 valence electrons. The van der Waals surface area contributed by atoms with Crippen molar-refractivity contribution in [1.29, 1.82) is 0 Å². The van der Waals surface area contributed by atoms with E-state index in [1.165, 1.54) is 0 Å². The first-order valence-corrected chi connectivity index (χ1v) is 8.21. The normalized spacial score (nSPS) is 18.0. The maximum atomic E-state index is 12.2. The lowest BCUT2D eigenvalue weighted by atomic mass is 10.1. The maximum absolute atomic E-state index is 12.2. The summed E-state index contributed by atoms with van der Waals surface area (Å²) in [6.07, 6.45) is 5.06. The minimum absolute atomic E-state index is 0.00409. The van der Waals surface area contributed by atoms with Crippen LogP contribution in [0.3, 0.4) is 0 Å². The van der Waals surface area contributed by atoms with Crippen molar-refractivity contribution in [2.75, 3.05) is 13.1 Å². The zero-order chi connectivity index (χ0) is 17.2. The molecule has 2 amide bonds. The van der Waals surface area contributed by atoms with Gasteiger partial charge in [0.1, 0.15) is 0 Å². The van der Waals surface area contributed by atoms with Gasteiger partial charge in [0.15, 0.2) is 5.82 Å². The highest BCUT2D eigenvalue weighted by molar-refractivity contribution is 5.75. The Morgan fingerprint density at radius 3 is 2.83 bits per heavy atom. The molecule has 0 radical (unpaired) electrons. The van der Waals surface area contributed by atoms with E-state index in [2.05, 4.69) is 20.4 Å². The second-order valence-corrected chi connectivity index (χ2v) is 7.24. The van der Waals surface area contributed by atoms with Gasteiger partial charge in [0.25, 0.3) is 5.89 Å². The minimum Gasteiger partial charge on any atom is -0.334 e. The summed E-state index contributed by atoms with van der Waals surface area (Å²) in [4.78, 5) is 22.5. The van der Waals surface area contributed by atoms with Crippen molar-refractivity contribution in [3.05, 3.63) is 30.4 Å². The summed E-state index contributed by atoms with van der Waals surface area (Å²) >= 11 is 0. The standard InChI is InChI=1S/C17H23N5O2/c1-17(2,3)20-16(23)22-9-6-12(11-22)10-14-19-15(24-21-14)13-4-7-18-8-5-13/h4-5,7-8,12H,6,9-11H2,1-3H3,(H,20,23). The number of pyridine rings is 1. The largest absolute Gasteiger partial charge is 0.334 e. The lowest BCUT2D eigenvalue weighted by Crippen LogP contribution is -2.47. The Morgan fingerprint density at radius 1 is 1.38 bits per heavy atom. The Balaban J connectivity index is 1.56. The summed E-state index contributed by atoms with van der Waals surface area (Å²) in [5.74, 6) is 1.55. The Bertz CT molecular complexity index is 693. The average molecular weight is 329 g/mol. The molecule has 3 heterocycles. The van der Waals surface area contributed by atoms with Crippen LogP contribution in [-0.2, 0) is 6.42 Å². The molecule has 24 heavy (non-hydrogen) atoms. The third kappa shape index (κ3) is 4.10. The molecule has 1 N–H and O–H groups in total. The van der Waals surface area contributed by atoms with Crippen molar-refractivity contribution in [3.8, 4) is 11.5 Å². The molecule has 0 aromatic carbocycles. The number of aromatic nitrogens is 3. The first kappa shape index (κ1) is 16.4. The molecule has 7 nitrogen and oxygen atoms in total. The molecule has 0 aliphatic carbocycles. The molecule has 0 bridgehead atoms. The molecule has 0 spiro atoms. The van der Waals surface area contributed by atoms with E-state index in [9.17, 15) is 4.79 Å². The Kier molecular flexibility index (Phi) is 4.51. The van der Waals surface area contributed by atoms with E-state index in [4.69, 9.17) is 4.52 Å². The molecule has 1 fully saturated rings. The van der Waals surface area contributed by atoms with Crippen molar-refractivity contribution in [3.63, 3.8) is 0 Å². The summed E-state index contributed by atoms with van der Waals surface area (Å²) in [7, 11) is 0. The maximum Gasteiger partial charge on any atom is 0.317 e. The van der Waals surface area contributed by atoms with Crippen LogP contribution in [0.2, 0.25) is 0 Å². The van der Waals surface area contributed by atoms with Crippen LogP contribution in [0.15, 0.2) is 29.0 Å². The fourth-order valence-corrected chi connectivity index (χ4v) is 2.79. The van der Waals surface area contributed by atoms with Gasteiger partial charge >= 0.3 is 6.03 Å². The monoisotopic (exact) mass is 329 g/mol. The van der Waals surface area contributed by atoms with Gasteiger partial charge in [0.2, 0.25) is 0 Å². The van der Waals surface area contributed by atoms with Crippen LogP contribution in [0, 0.1) is 5.92 Å². The quantitative estimate of drug-likeness (QED) is 0.935. The SMILES string of the molecule is CC(C)(C)NC(=O)N1CCC(Cc2noc(-c3ccncc3)n2)C1. The van der Waals surface area contributed by atoms with E-state index in [0.717, 1.165) is 25.1 Å². The van der Waals surface area contributed by atoms with Crippen molar-refractivity contribution in [1.82, 2.24) is 25.3 Å². The number of nitrogens with zero attached hydrogens (tertiary/aromatic N) is 4. The lowest BCUT2D eigenvalue weighted by molar-refractivity contribution is 0.197. The van der Waals surface area contributed by atoms with Crippen LogP contribution < -0.4 is 5.32 Å². The van der Waals surface area contributed by atoms with Crippen LogP contribution >= 0.6 is 0 Å². The predicted octanol–water partition coefficient (Wildman–Crippen LogP) is 2.50. The Labute approximate surface area is 141 Å². The number of carbonyl (C=O) groups excluding carboxylic acids is 1. The first-order chi connectivity index (χ1) is 11.4. The summed E-state index contributed by atoms with van der Waals surface area (Å²) in [6, 6.07) is 3.67. The summed E-state index contributed by atoms with van der Waals surface area (Å²) in [5.41, 5.74) is 0.642. The van der Waals surface area contributed by atoms with Gasteiger partial charge in [-0.25, -0.2) is 4.79 Å². The van der Waals surface area contributed by atoms with E-state index in [0.29, 0.717) is 24.1 Å². The Hall–Kier alpha value is -2.44. The van der Waals surface area contributed by atoms with Gasteiger partial charge in [-0.1, -0.05) is 5.16 Å². The van der Waals surface area contributed by atoms with Gasteiger partial charge in [-0.2, -0.15) is 4.98 Å². The van der Waals surface area contributed by atoms with Crippen LogP contribution in [0.1, 0.15) is 33.0 Å². The number of urea groups is 1. The number of amides is 2. The van der Waals surface area contributed by atoms with Gasteiger partial charge in [0.05, 0.1) is 0 Å². The molecule has 0 saturated carbocycles. The number of hydrogen-bond donors (Lipinski definition) is 1. The molecule has 2 aromatic heterocycles. The molecule has 1 saturated heterocycles. The molecular formula is C17H23N5O2.